The summed E-state index contributed by atoms with van der Waals surface area (Å²) in [6.07, 6.45) is 1.52. The molecule has 1 aromatic carbocycles. The molecule has 0 fully saturated rings. The molecule has 1 N–H and O–H groups in total. The molecule has 0 saturated heterocycles. The smallest absolute Gasteiger partial charge is 0.344 e. The lowest BCUT2D eigenvalue weighted by molar-refractivity contribution is -0.117. The topological polar surface area (TPSA) is 74.7 Å². The van der Waals surface area contributed by atoms with E-state index in [9.17, 15) is 4.79 Å². The second kappa shape index (κ2) is 6.37. The Bertz CT molecular complexity index is 411. The van der Waals surface area contributed by atoms with Crippen LogP contribution < -0.4 is 10.1 Å². The highest BCUT2D eigenvalue weighted by molar-refractivity contribution is 6.23. The van der Waals surface area contributed by atoms with Crippen molar-refractivity contribution in [3.05, 3.63) is 35.4 Å². The van der Waals surface area contributed by atoms with Gasteiger partial charge in [0.25, 0.3) is 0 Å². The lowest BCUT2D eigenvalue weighted by Crippen LogP contribution is -2.26. The van der Waals surface area contributed by atoms with Crippen LogP contribution in [0.25, 0.3) is 5.53 Å². The SMILES string of the molecule is COc1cccc(CCNC(=O)C=[N+]=[N-])c1. The number of methoxy groups -OCH3 is 1. The zero-order valence-electron chi connectivity index (χ0n) is 9.01. The van der Waals surface area contributed by atoms with Gasteiger partial charge in [0.2, 0.25) is 0 Å². The molecule has 5 heteroatoms. The molecule has 0 spiro atoms. The first-order valence-electron chi connectivity index (χ1n) is 4.84. The molecule has 1 amide bonds. The molecule has 0 atom stereocenters. The fourth-order valence-corrected chi connectivity index (χ4v) is 1.26. The summed E-state index contributed by atoms with van der Waals surface area (Å²) in [5.41, 5.74) is 9.18. The minimum absolute atomic E-state index is 0.412. The first-order chi connectivity index (χ1) is 7.76. The van der Waals surface area contributed by atoms with Crippen LogP contribution in [0.5, 0.6) is 5.75 Å². The Morgan fingerprint density at radius 3 is 3.12 bits per heavy atom. The van der Waals surface area contributed by atoms with Crippen LogP contribution in [0.1, 0.15) is 5.56 Å². The van der Waals surface area contributed by atoms with Crippen LogP contribution in [0.3, 0.4) is 0 Å². The highest BCUT2D eigenvalue weighted by Gasteiger charge is 2.01. The van der Waals surface area contributed by atoms with Crippen LogP contribution in [0.2, 0.25) is 0 Å². The average Bonchev–Trinajstić information content (AvgIpc) is 2.30. The number of hydrogen-bond acceptors (Lipinski definition) is 2. The normalized spacial score (nSPS) is 9.06. The van der Waals surface area contributed by atoms with E-state index >= 15 is 0 Å². The van der Waals surface area contributed by atoms with Crippen molar-refractivity contribution >= 4 is 12.1 Å². The van der Waals surface area contributed by atoms with Crippen LogP contribution in [-0.4, -0.2) is 30.6 Å². The highest BCUT2D eigenvalue weighted by atomic mass is 16.5. The highest BCUT2D eigenvalue weighted by Crippen LogP contribution is 2.12. The van der Waals surface area contributed by atoms with Crippen molar-refractivity contribution in [1.29, 1.82) is 0 Å². The summed E-state index contributed by atoms with van der Waals surface area (Å²) in [7, 11) is 1.61. The maximum Gasteiger partial charge on any atom is 0.344 e. The zero-order chi connectivity index (χ0) is 11.8. The number of amides is 1. The predicted molar refractivity (Wildman–Crippen MR) is 59.4 cm³/mol. The molecule has 1 rings (SSSR count). The number of nitrogens with one attached hydrogen (secondary N) is 1. The van der Waals surface area contributed by atoms with Gasteiger partial charge in [-0.1, -0.05) is 12.1 Å². The molecule has 0 aliphatic heterocycles. The van der Waals surface area contributed by atoms with Crippen molar-refractivity contribution in [1.82, 2.24) is 5.32 Å². The van der Waals surface area contributed by atoms with Crippen molar-refractivity contribution in [3.8, 4) is 5.75 Å². The quantitative estimate of drug-likeness (QED) is 0.448. The summed E-state index contributed by atoms with van der Waals surface area (Å²) in [5.74, 6) is 0.381. The minimum atomic E-state index is -0.412. The summed E-state index contributed by atoms with van der Waals surface area (Å²) < 4.78 is 5.08. The number of benzene rings is 1. The molecular weight excluding hydrogens is 206 g/mol. The molecule has 0 saturated carbocycles. The number of ether oxygens (including phenoxy) is 1. The average molecular weight is 219 g/mol. The third-order valence-corrected chi connectivity index (χ3v) is 2.02. The Balaban J connectivity index is 2.42. The molecular formula is C11H13N3O2. The van der Waals surface area contributed by atoms with Crippen LogP contribution >= 0.6 is 0 Å². The number of carbonyl (C=O) groups excluding carboxylic acids is 1. The molecule has 0 aromatic heterocycles. The number of carbonyl (C=O) groups is 1. The maximum absolute atomic E-state index is 10.9. The van der Waals surface area contributed by atoms with E-state index in [-0.39, 0.29) is 0 Å². The van der Waals surface area contributed by atoms with Crippen molar-refractivity contribution in [2.45, 2.75) is 6.42 Å². The Labute approximate surface area is 93.7 Å². The van der Waals surface area contributed by atoms with Crippen molar-refractivity contribution in [3.63, 3.8) is 0 Å². The Hall–Kier alpha value is -2.13. The molecule has 0 radical (unpaired) electrons. The summed E-state index contributed by atoms with van der Waals surface area (Å²) >= 11 is 0. The molecule has 0 aliphatic rings. The van der Waals surface area contributed by atoms with Gasteiger partial charge in [-0.25, -0.2) is 0 Å². The van der Waals surface area contributed by atoms with E-state index in [0.717, 1.165) is 17.5 Å². The third kappa shape index (κ3) is 3.94. The summed E-state index contributed by atoms with van der Waals surface area (Å²) in [6, 6.07) is 7.62. The third-order valence-electron chi connectivity index (χ3n) is 2.02. The zero-order valence-corrected chi connectivity index (χ0v) is 9.01. The first-order valence-corrected chi connectivity index (χ1v) is 4.84. The van der Waals surface area contributed by atoms with Gasteiger partial charge in [0.1, 0.15) is 5.75 Å². The monoisotopic (exact) mass is 219 g/mol. The van der Waals surface area contributed by atoms with E-state index in [4.69, 9.17) is 10.3 Å². The van der Waals surface area contributed by atoms with Crippen LogP contribution in [0.4, 0.5) is 0 Å². The molecule has 0 unspecified atom stereocenters. The van der Waals surface area contributed by atoms with E-state index < -0.39 is 5.91 Å². The van der Waals surface area contributed by atoms with E-state index in [1.54, 1.807) is 7.11 Å². The number of rotatable bonds is 5. The fourth-order valence-electron chi connectivity index (χ4n) is 1.26. The first kappa shape index (κ1) is 11.9. The molecule has 16 heavy (non-hydrogen) atoms. The van der Waals surface area contributed by atoms with Crippen molar-refractivity contribution < 1.29 is 14.3 Å². The van der Waals surface area contributed by atoms with Gasteiger partial charge in [-0.3, -0.25) is 4.79 Å². The summed E-state index contributed by atoms with van der Waals surface area (Å²) in [6.45, 7) is 0.484. The van der Waals surface area contributed by atoms with E-state index in [1.165, 1.54) is 0 Å². The van der Waals surface area contributed by atoms with Gasteiger partial charge in [-0.05, 0) is 24.1 Å². The van der Waals surface area contributed by atoms with Crippen molar-refractivity contribution in [2.24, 2.45) is 0 Å². The van der Waals surface area contributed by atoms with Crippen molar-refractivity contribution in [2.75, 3.05) is 13.7 Å². The van der Waals surface area contributed by atoms with Gasteiger partial charge in [0.15, 0.2) is 0 Å². The minimum Gasteiger partial charge on any atom is -0.497 e. The van der Waals surface area contributed by atoms with Gasteiger partial charge in [0.05, 0.1) is 7.11 Å². The number of nitrogens with zero attached hydrogens (tertiary/aromatic N) is 2. The molecule has 0 heterocycles. The maximum atomic E-state index is 10.9. The second-order valence-electron chi connectivity index (χ2n) is 3.14. The van der Waals surface area contributed by atoms with Gasteiger partial charge in [0, 0.05) is 6.54 Å². The predicted octanol–water partition coefficient (Wildman–Crippen LogP) is 0.654. The van der Waals surface area contributed by atoms with E-state index in [0.29, 0.717) is 13.0 Å². The van der Waals surface area contributed by atoms with Gasteiger partial charge < -0.3 is 15.6 Å². The standard InChI is InChI=1S/C11H13N3O2/c1-16-10-4-2-3-9(7-10)5-6-13-11(15)8-14-12/h2-4,7-8H,5-6H2,1H3,(H,13,15). The van der Waals surface area contributed by atoms with E-state index in [1.807, 2.05) is 24.3 Å². The fraction of sp³-hybridized carbons (Fsp3) is 0.273. The van der Waals surface area contributed by atoms with Gasteiger partial charge >= 0.3 is 12.1 Å². The molecule has 5 nitrogen and oxygen atoms in total. The lowest BCUT2D eigenvalue weighted by atomic mass is 10.1. The summed E-state index contributed by atoms with van der Waals surface area (Å²) in [4.78, 5) is 13.5. The Morgan fingerprint density at radius 2 is 2.44 bits per heavy atom. The molecule has 0 bridgehead atoms. The Morgan fingerprint density at radius 1 is 1.62 bits per heavy atom. The number of hydrogen-bond donors (Lipinski definition) is 1. The van der Waals surface area contributed by atoms with Crippen LogP contribution in [-0.2, 0) is 11.2 Å². The molecule has 84 valence electrons. The van der Waals surface area contributed by atoms with Gasteiger partial charge in [-0.15, -0.1) is 0 Å². The molecule has 0 aliphatic carbocycles. The Kier molecular flexibility index (Phi) is 4.76. The largest absolute Gasteiger partial charge is 0.497 e. The molecule has 1 aromatic rings. The van der Waals surface area contributed by atoms with Crippen LogP contribution in [0.15, 0.2) is 24.3 Å². The van der Waals surface area contributed by atoms with Gasteiger partial charge in [-0.2, -0.15) is 4.79 Å². The second-order valence-corrected chi connectivity index (χ2v) is 3.14. The van der Waals surface area contributed by atoms with E-state index in [2.05, 4.69) is 10.1 Å². The summed E-state index contributed by atoms with van der Waals surface area (Å²) in [5, 5.41) is 2.58. The van der Waals surface area contributed by atoms with Crippen LogP contribution in [0, 0.1) is 0 Å². The lowest BCUT2D eigenvalue weighted by Gasteiger charge is -2.04.